The molecule has 4 rings (SSSR count). The Morgan fingerprint density at radius 3 is 2.77 bits per heavy atom. The Hall–Kier alpha value is -2.33. The number of fused-ring (bicyclic) bond motifs is 1. The van der Waals surface area contributed by atoms with E-state index >= 15 is 0 Å². The maximum Gasteiger partial charge on any atom is 0.226 e. The summed E-state index contributed by atoms with van der Waals surface area (Å²) in [5, 5.41) is 1.91. The molecule has 0 bridgehead atoms. The molecule has 0 spiro atoms. The van der Waals surface area contributed by atoms with Crippen LogP contribution in [0.25, 0.3) is 10.9 Å². The van der Waals surface area contributed by atoms with Crippen LogP contribution in [0.1, 0.15) is 29.9 Å². The molecule has 1 amide bonds. The Morgan fingerprint density at radius 2 is 2.00 bits per heavy atom. The van der Waals surface area contributed by atoms with Gasteiger partial charge in [-0.2, -0.15) is 0 Å². The summed E-state index contributed by atoms with van der Waals surface area (Å²) in [5.74, 6) is 0.184. The summed E-state index contributed by atoms with van der Waals surface area (Å²) in [4.78, 5) is 17.7. The quantitative estimate of drug-likeness (QED) is 0.698. The third kappa shape index (κ3) is 3.47. The normalized spacial score (nSPS) is 15.5. The molecule has 1 fully saturated rings. The van der Waals surface area contributed by atoms with Gasteiger partial charge in [0, 0.05) is 35.2 Å². The van der Waals surface area contributed by atoms with Crippen molar-refractivity contribution in [2.24, 2.45) is 0 Å². The second-order valence-electron chi connectivity index (χ2n) is 6.90. The van der Waals surface area contributed by atoms with Gasteiger partial charge >= 0.3 is 0 Å². The number of nitrogens with one attached hydrogen (secondary N) is 1. The number of nitrogens with zero attached hydrogens (tertiary/aromatic N) is 1. The van der Waals surface area contributed by atoms with Gasteiger partial charge in [0.25, 0.3) is 0 Å². The highest BCUT2D eigenvalue weighted by molar-refractivity contribution is 6.31. The van der Waals surface area contributed by atoms with E-state index < -0.39 is 0 Å². The molecule has 1 aliphatic rings. The predicted octanol–water partition coefficient (Wildman–Crippen LogP) is 4.91. The number of aromatic amines is 1. The molecule has 1 aliphatic heterocycles. The summed E-state index contributed by atoms with van der Waals surface area (Å²) in [6, 6.07) is 12.2. The molecule has 1 N–H and O–H groups in total. The fourth-order valence-corrected chi connectivity index (χ4v) is 4.00. The lowest BCUT2D eigenvalue weighted by Gasteiger charge is -2.32. The van der Waals surface area contributed by atoms with Gasteiger partial charge in [0.05, 0.1) is 6.42 Å². The van der Waals surface area contributed by atoms with Gasteiger partial charge in [0.15, 0.2) is 0 Å². The highest BCUT2D eigenvalue weighted by atomic mass is 35.5. The molecule has 3 nitrogen and oxygen atoms in total. The molecule has 5 heteroatoms. The molecule has 1 saturated heterocycles. The summed E-state index contributed by atoms with van der Waals surface area (Å²) in [6.45, 7) is 1.46. The first kappa shape index (κ1) is 17.1. The van der Waals surface area contributed by atoms with E-state index in [1.165, 1.54) is 23.1 Å². The second kappa shape index (κ2) is 7.12. The van der Waals surface area contributed by atoms with Crippen LogP contribution in [-0.4, -0.2) is 28.9 Å². The predicted molar refractivity (Wildman–Crippen MR) is 102 cm³/mol. The van der Waals surface area contributed by atoms with Crippen molar-refractivity contribution in [1.82, 2.24) is 9.88 Å². The second-order valence-corrected chi connectivity index (χ2v) is 7.33. The molecular weight excluding hydrogens is 351 g/mol. The first-order valence-electron chi connectivity index (χ1n) is 8.89. The minimum absolute atomic E-state index is 0.0658. The third-order valence-electron chi connectivity index (χ3n) is 5.21. The summed E-state index contributed by atoms with van der Waals surface area (Å²) < 4.78 is 13.3. The number of piperidine rings is 1. The third-order valence-corrected chi connectivity index (χ3v) is 5.44. The van der Waals surface area contributed by atoms with Gasteiger partial charge in [-0.3, -0.25) is 4.79 Å². The van der Waals surface area contributed by atoms with Crippen LogP contribution in [0.5, 0.6) is 0 Å². The Kier molecular flexibility index (Phi) is 4.68. The van der Waals surface area contributed by atoms with Gasteiger partial charge in [-0.15, -0.1) is 0 Å². The van der Waals surface area contributed by atoms with E-state index in [0.717, 1.165) is 42.0 Å². The van der Waals surface area contributed by atoms with Crippen molar-refractivity contribution >= 4 is 28.4 Å². The largest absolute Gasteiger partial charge is 0.361 e. The summed E-state index contributed by atoms with van der Waals surface area (Å²) in [7, 11) is 0. The topological polar surface area (TPSA) is 36.1 Å². The first-order valence-corrected chi connectivity index (χ1v) is 9.27. The van der Waals surface area contributed by atoms with Gasteiger partial charge < -0.3 is 9.88 Å². The van der Waals surface area contributed by atoms with E-state index in [1.807, 2.05) is 23.1 Å². The van der Waals surface area contributed by atoms with Gasteiger partial charge in [-0.05, 0) is 60.2 Å². The average Bonchev–Trinajstić information content (AvgIpc) is 3.05. The van der Waals surface area contributed by atoms with Crippen molar-refractivity contribution in [2.75, 3.05) is 13.1 Å². The van der Waals surface area contributed by atoms with Gasteiger partial charge in [-0.1, -0.05) is 23.7 Å². The highest BCUT2D eigenvalue weighted by Crippen LogP contribution is 2.34. The van der Waals surface area contributed by atoms with Gasteiger partial charge in [0.1, 0.15) is 5.82 Å². The van der Waals surface area contributed by atoms with Crippen molar-refractivity contribution in [3.8, 4) is 0 Å². The monoisotopic (exact) mass is 370 g/mol. The number of carbonyl (C=O) groups is 1. The molecule has 26 heavy (non-hydrogen) atoms. The summed E-state index contributed by atoms with van der Waals surface area (Å²) in [6.07, 6.45) is 4.17. The number of benzene rings is 2. The van der Waals surface area contributed by atoms with Crippen molar-refractivity contribution in [3.63, 3.8) is 0 Å². The number of H-pyrrole nitrogens is 1. The number of carbonyl (C=O) groups excluding carboxylic acids is 1. The summed E-state index contributed by atoms with van der Waals surface area (Å²) >= 11 is 6.15. The molecule has 1 aromatic heterocycles. The average molecular weight is 371 g/mol. The van der Waals surface area contributed by atoms with Crippen LogP contribution in [-0.2, 0) is 11.2 Å². The fourth-order valence-electron chi connectivity index (χ4n) is 3.83. The minimum atomic E-state index is -0.299. The van der Waals surface area contributed by atoms with Gasteiger partial charge in [-0.25, -0.2) is 4.39 Å². The van der Waals surface area contributed by atoms with E-state index in [-0.39, 0.29) is 18.1 Å². The minimum Gasteiger partial charge on any atom is -0.361 e. The van der Waals surface area contributed by atoms with E-state index in [9.17, 15) is 9.18 Å². The number of amides is 1. The smallest absolute Gasteiger partial charge is 0.226 e. The van der Waals surface area contributed by atoms with Crippen LogP contribution in [0.2, 0.25) is 5.02 Å². The summed E-state index contributed by atoms with van der Waals surface area (Å²) in [5.41, 5.74) is 3.09. The lowest BCUT2D eigenvalue weighted by Crippen LogP contribution is -2.38. The van der Waals surface area contributed by atoms with Crippen LogP contribution in [0.3, 0.4) is 0 Å². The van der Waals surface area contributed by atoms with Crippen molar-refractivity contribution in [1.29, 1.82) is 0 Å². The van der Waals surface area contributed by atoms with Crippen LogP contribution in [0, 0.1) is 5.82 Å². The molecule has 134 valence electrons. The molecule has 0 aliphatic carbocycles. The van der Waals surface area contributed by atoms with Crippen LogP contribution in [0.15, 0.2) is 48.7 Å². The highest BCUT2D eigenvalue weighted by Gasteiger charge is 2.25. The van der Waals surface area contributed by atoms with E-state index in [4.69, 9.17) is 11.6 Å². The molecule has 2 aromatic carbocycles. The first-order chi connectivity index (χ1) is 12.6. The van der Waals surface area contributed by atoms with Crippen molar-refractivity contribution in [2.45, 2.75) is 25.2 Å². The Labute approximate surface area is 156 Å². The molecule has 2 heterocycles. The zero-order valence-corrected chi connectivity index (χ0v) is 15.1. The number of rotatable bonds is 3. The van der Waals surface area contributed by atoms with E-state index in [0.29, 0.717) is 5.92 Å². The maximum atomic E-state index is 13.3. The van der Waals surface area contributed by atoms with Crippen LogP contribution >= 0.6 is 11.6 Å². The molecule has 0 saturated carbocycles. The zero-order valence-electron chi connectivity index (χ0n) is 14.3. The number of hydrogen-bond donors (Lipinski definition) is 1. The Bertz CT molecular complexity index is 944. The number of likely N-dealkylation sites (tertiary alicyclic amines) is 1. The molecule has 0 unspecified atom stereocenters. The van der Waals surface area contributed by atoms with Crippen LogP contribution < -0.4 is 0 Å². The number of aromatic nitrogens is 1. The SMILES string of the molecule is O=C(Cc1cccc(F)c1)N1CCC(c2c[nH]c3ccc(Cl)cc23)CC1. The zero-order chi connectivity index (χ0) is 18.1. The lowest BCUT2D eigenvalue weighted by molar-refractivity contribution is -0.131. The fraction of sp³-hybridized carbons (Fsp3) is 0.286. The Balaban J connectivity index is 1.42. The lowest BCUT2D eigenvalue weighted by atomic mass is 9.89. The van der Waals surface area contributed by atoms with Crippen molar-refractivity contribution < 1.29 is 9.18 Å². The van der Waals surface area contributed by atoms with Gasteiger partial charge in [0.2, 0.25) is 5.91 Å². The van der Waals surface area contributed by atoms with Crippen LogP contribution in [0.4, 0.5) is 4.39 Å². The number of halogens is 2. The Morgan fingerprint density at radius 1 is 1.19 bits per heavy atom. The molecule has 0 atom stereocenters. The maximum absolute atomic E-state index is 13.3. The standard InChI is InChI=1S/C21H20ClFN2O/c22-16-4-5-20-18(12-16)19(13-24-20)15-6-8-25(9-7-15)21(26)11-14-2-1-3-17(23)10-14/h1-5,10,12-13,15,24H,6-9,11H2. The molecule has 3 aromatic rings. The van der Waals surface area contributed by atoms with E-state index in [2.05, 4.69) is 11.2 Å². The number of hydrogen-bond acceptors (Lipinski definition) is 1. The van der Waals surface area contributed by atoms with E-state index in [1.54, 1.807) is 12.1 Å². The molecular formula is C21H20ClFN2O. The molecule has 0 radical (unpaired) electrons. The van der Waals surface area contributed by atoms with Crippen molar-refractivity contribution in [3.05, 3.63) is 70.6 Å².